The molecule has 0 aliphatic heterocycles. The van der Waals surface area contributed by atoms with Crippen LogP contribution in [0.1, 0.15) is 31.4 Å². The molecule has 0 heterocycles. The Labute approximate surface area is 170 Å². The molecule has 0 bridgehead atoms. The molecule has 1 atom stereocenters. The summed E-state index contributed by atoms with van der Waals surface area (Å²) in [5, 5.41) is 0. The molecule has 2 rings (SSSR count). The molecule has 2 aromatic rings. The average molecular weight is 450 g/mol. The van der Waals surface area contributed by atoms with E-state index in [1.54, 1.807) is 13.8 Å². The van der Waals surface area contributed by atoms with Gasteiger partial charge in [-0.3, -0.25) is 9.56 Å². The summed E-state index contributed by atoms with van der Waals surface area (Å²) >= 11 is 3.38. The zero-order valence-electron chi connectivity index (χ0n) is 15.7. The van der Waals surface area contributed by atoms with Gasteiger partial charge in [-0.05, 0) is 18.3 Å². The maximum absolute atomic E-state index is 13.4. The molecule has 144 valence electrons. The highest BCUT2D eigenvalue weighted by Crippen LogP contribution is 2.56. The minimum atomic E-state index is -3.46. The van der Waals surface area contributed by atoms with Crippen LogP contribution in [-0.4, -0.2) is 24.7 Å². The van der Waals surface area contributed by atoms with Crippen molar-refractivity contribution in [1.82, 2.24) is 0 Å². The molecule has 27 heavy (non-hydrogen) atoms. The maximum Gasteiger partial charge on any atom is 0.355 e. The van der Waals surface area contributed by atoms with E-state index in [4.69, 9.17) is 14.0 Å². The van der Waals surface area contributed by atoms with Crippen molar-refractivity contribution in [1.29, 1.82) is 0 Å². The Bertz CT molecular complexity index is 757. The maximum atomic E-state index is 13.4. The normalized spacial score (nSPS) is 12.4. The fourth-order valence-corrected chi connectivity index (χ4v) is 5.05. The van der Waals surface area contributed by atoms with Crippen molar-refractivity contribution in [2.45, 2.75) is 26.1 Å². The van der Waals surface area contributed by atoms with E-state index in [0.29, 0.717) is 10.9 Å². The number of halogens is 1. The van der Waals surface area contributed by atoms with E-state index in [9.17, 15) is 4.57 Å². The van der Waals surface area contributed by atoms with Gasteiger partial charge in [0.05, 0.1) is 18.9 Å². The van der Waals surface area contributed by atoms with Gasteiger partial charge in [0.1, 0.15) is 0 Å². The topological polar surface area (TPSA) is 47.9 Å². The summed E-state index contributed by atoms with van der Waals surface area (Å²) in [6.07, 6.45) is 0.348. The van der Waals surface area contributed by atoms with Crippen molar-refractivity contribution in [3.8, 4) is 0 Å². The van der Waals surface area contributed by atoms with Crippen LogP contribution in [0.3, 0.4) is 0 Å². The first kappa shape index (κ1) is 21.8. The van der Waals surface area contributed by atoms with Gasteiger partial charge in [-0.15, -0.1) is 0 Å². The fraction of sp³-hybridized carbons (Fsp3) is 0.286. The van der Waals surface area contributed by atoms with Crippen LogP contribution in [0.5, 0.6) is 0 Å². The van der Waals surface area contributed by atoms with Crippen molar-refractivity contribution < 1.29 is 13.6 Å². The smallest absolute Gasteiger partial charge is 0.307 e. The van der Waals surface area contributed by atoms with E-state index in [2.05, 4.69) is 22.5 Å². The second-order valence-corrected chi connectivity index (χ2v) is 9.10. The molecule has 0 aromatic heterocycles. The fourth-order valence-electron chi connectivity index (χ4n) is 2.65. The van der Waals surface area contributed by atoms with Gasteiger partial charge in [0.25, 0.3) is 0 Å². The third kappa shape index (κ3) is 6.25. The van der Waals surface area contributed by atoms with Crippen LogP contribution in [0.15, 0.2) is 76.7 Å². The summed E-state index contributed by atoms with van der Waals surface area (Å²) in [6, 6.07) is 19.7. The van der Waals surface area contributed by atoms with Crippen LogP contribution in [0.2, 0.25) is 0 Å². The standard InChI is InChI=1S/C21H25BrNO3P/c1-4-25-27(24,26-5-2)20(16-17(3)22)23-21(18-12-8-6-9-13-18)19-14-10-7-11-15-19/h6-15,20H,3-5,16H2,1-2H3. The third-order valence-corrected chi connectivity index (χ3v) is 6.35. The Morgan fingerprint density at radius 1 is 1.00 bits per heavy atom. The molecule has 0 amide bonds. The number of benzene rings is 2. The molecular formula is C21H25BrNO3P. The third-order valence-electron chi connectivity index (χ3n) is 3.76. The summed E-state index contributed by atoms with van der Waals surface area (Å²) in [5.41, 5.74) is 2.62. The number of rotatable bonds is 10. The van der Waals surface area contributed by atoms with Gasteiger partial charge in [0, 0.05) is 17.5 Å². The molecule has 1 unspecified atom stereocenters. The minimum absolute atomic E-state index is 0.282. The summed E-state index contributed by atoms with van der Waals surface area (Å²) in [6.45, 7) is 8.05. The molecule has 0 radical (unpaired) electrons. The van der Waals surface area contributed by atoms with Crippen LogP contribution >= 0.6 is 23.5 Å². The first-order valence-electron chi connectivity index (χ1n) is 8.90. The van der Waals surface area contributed by atoms with E-state index >= 15 is 0 Å². The first-order valence-corrected chi connectivity index (χ1v) is 11.3. The zero-order valence-corrected chi connectivity index (χ0v) is 18.2. The molecule has 4 nitrogen and oxygen atoms in total. The molecule has 2 aromatic carbocycles. The molecule has 0 aliphatic rings. The lowest BCUT2D eigenvalue weighted by atomic mass is 10.0. The second-order valence-electron chi connectivity index (χ2n) is 5.79. The molecule has 0 saturated carbocycles. The van der Waals surface area contributed by atoms with E-state index in [1.807, 2.05) is 60.7 Å². The average Bonchev–Trinajstić information content (AvgIpc) is 2.66. The Kier molecular flexibility index (Phi) is 8.65. The van der Waals surface area contributed by atoms with E-state index in [0.717, 1.165) is 16.8 Å². The van der Waals surface area contributed by atoms with Crippen LogP contribution in [0.25, 0.3) is 0 Å². The van der Waals surface area contributed by atoms with Gasteiger partial charge < -0.3 is 9.05 Å². The monoisotopic (exact) mass is 449 g/mol. The summed E-state index contributed by atoms with van der Waals surface area (Å²) in [7, 11) is -3.46. The summed E-state index contributed by atoms with van der Waals surface area (Å²) in [5.74, 6) is -0.695. The first-order chi connectivity index (χ1) is 13.0. The minimum Gasteiger partial charge on any atom is -0.307 e. The number of hydrogen-bond acceptors (Lipinski definition) is 4. The number of aliphatic imine (C=N–C) groups is 1. The molecular weight excluding hydrogens is 425 g/mol. The Morgan fingerprint density at radius 3 is 1.81 bits per heavy atom. The zero-order chi connectivity index (χ0) is 19.7. The molecule has 0 aliphatic carbocycles. The van der Waals surface area contributed by atoms with Crippen LogP contribution in [0, 0.1) is 0 Å². The Hall–Kier alpha value is -1.52. The van der Waals surface area contributed by atoms with Crippen LogP contribution in [0.4, 0.5) is 0 Å². The molecule has 0 saturated heterocycles. The van der Waals surface area contributed by atoms with E-state index < -0.39 is 13.4 Å². The molecule has 0 spiro atoms. The van der Waals surface area contributed by atoms with Crippen LogP contribution < -0.4 is 0 Å². The van der Waals surface area contributed by atoms with Crippen molar-refractivity contribution >= 4 is 29.2 Å². The molecule has 6 heteroatoms. The highest BCUT2D eigenvalue weighted by atomic mass is 79.9. The highest BCUT2D eigenvalue weighted by Gasteiger charge is 2.36. The largest absolute Gasteiger partial charge is 0.355 e. The van der Waals surface area contributed by atoms with Crippen molar-refractivity contribution in [2.75, 3.05) is 13.2 Å². The van der Waals surface area contributed by atoms with Crippen LogP contribution in [-0.2, 0) is 13.6 Å². The Balaban J connectivity index is 2.60. The second kappa shape index (κ2) is 10.7. The lowest BCUT2D eigenvalue weighted by Crippen LogP contribution is -2.16. The molecule has 0 N–H and O–H groups in total. The van der Waals surface area contributed by atoms with Crippen molar-refractivity contribution in [3.63, 3.8) is 0 Å². The van der Waals surface area contributed by atoms with Crippen molar-refractivity contribution in [2.24, 2.45) is 4.99 Å². The lowest BCUT2D eigenvalue weighted by Gasteiger charge is -2.24. The predicted molar refractivity (Wildman–Crippen MR) is 116 cm³/mol. The van der Waals surface area contributed by atoms with Gasteiger partial charge in [-0.1, -0.05) is 83.2 Å². The molecule has 0 fully saturated rings. The Morgan fingerprint density at radius 2 is 1.44 bits per heavy atom. The summed E-state index contributed by atoms with van der Waals surface area (Å²) in [4.78, 5) is 4.88. The lowest BCUT2D eigenvalue weighted by molar-refractivity contribution is 0.212. The van der Waals surface area contributed by atoms with E-state index in [-0.39, 0.29) is 13.2 Å². The van der Waals surface area contributed by atoms with E-state index in [1.165, 1.54) is 0 Å². The quantitative estimate of drug-likeness (QED) is 0.310. The summed E-state index contributed by atoms with van der Waals surface area (Å²) < 4.78 is 25.3. The van der Waals surface area contributed by atoms with Gasteiger partial charge in [0.15, 0.2) is 5.78 Å². The van der Waals surface area contributed by atoms with Crippen molar-refractivity contribution in [3.05, 3.63) is 82.9 Å². The van der Waals surface area contributed by atoms with Gasteiger partial charge >= 0.3 is 7.60 Å². The predicted octanol–water partition coefficient (Wildman–Crippen LogP) is 6.41. The number of hydrogen-bond donors (Lipinski definition) is 0. The van der Waals surface area contributed by atoms with Gasteiger partial charge in [0.2, 0.25) is 0 Å². The number of nitrogens with zero attached hydrogens (tertiary/aromatic N) is 1. The highest BCUT2D eigenvalue weighted by molar-refractivity contribution is 9.11. The SMILES string of the molecule is C=C(Br)CC(N=C(c1ccccc1)c1ccccc1)P(=O)(OCC)OCC. The van der Waals surface area contributed by atoms with Gasteiger partial charge in [-0.25, -0.2) is 0 Å². The van der Waals surface area contributed by atoms with Gasteiger partial charge in [-0.2, -0.15) is 0 Å².